The van der Waals surface area contributed by atoms with Crippen LogP contribution in [0, 0.1) is 17.2 Å². The Morgan fingerprint density at radius 1 is 1.23 bits per heavy atom. The van der Waals surface area contributed by atoms with Crippen LogP contribution in [0.1, 0.15) is 68.6 Å². The van der Waals surface area contributed by atoms with Gasteiger partial charge in [0.05, 0.1) is 23.8 Å². The molecule has 0 saturated carbocycles. The first-order valence-electron chi connectivity index (χ1n) is 12.3. The Kier molecular flexibility index (Phi) is 9.71. The van der Waals surface area contributed by atoms with Crippen LogP contribution in [0.15, 0.2) is 48.5 Å². The van der Waals surface area contributed by atoms with E-state index >= 15 is 0 Å². The number of nitrogens with zero attached hydrogens (tertiary/aromatic N) is 1. The topological polar surface area (TPSA) is 91.2 Å². The average Bonchev–Trinajstić information content (AvgIpc) is 2.83. The molecule has 0 radical (unpaired) electrons. The number of unbranched alkanes of at least 4 members (excludes halogenated alkanes) is 1. The number of carbonyl (C=O) groups is 2. The number of benzene rings is 2. The van der Waals surface area contributed by atoms with Gasteiger partial charge in [-0.15, -0.1) is 0 Å². The number of nitrogens with one attached hydrogen (secondary N) is 2. The molecule has 3 rings (SSSR count). The zero-order valence-corrected chi connectivity index (χ0v) is 21.2. The van der Waals surface area contributed by atoms with Gasteiger partial charge in [-0.2, -0.15) is 5.26 Å². The molecule has 2 aromatic carbocycles. The molecule has 3 atom stereocenters. The minimum Gasteiger partial charge on any atom is -0.449 e. The minimum absolute atomic E-state index is 0.242. The fourth-order valence-corrected chi connectivity index (χ4v) is 4.75. The predicted molar refractivity (Wildman–Crippen MR) is 137 cm³/mol. The van der Waals surface area contributed by atoms with E-state index in [9.17, 15) is 14.9 Å². The lowest BCUT2D eigenvalue weighted by Crippen LogP contribution is -2.65. The van der Waals surface area contributed by atoms with Crippen molar-refractivity contribution >= 4 is 23.6 Å². The van der Waals surface area contributed by atoms with Crippen molar-refractivity contribution in [2.45, 2.75) is 63.8 Å². The van der Waals surface area contributed by atoms with Gasteiger partial charge in [0.2, 0.25) is 5.91 Å². The van der Waals surface area contributed by atoms with E-state index in [0.717, 1.165) is 44.2 Å². The molecule has 35 heavy (non-hydrogen) atoms. The second-order valence-electron chi connectivity index (χ2n) is 9.35. The molecule has 1 fully saturated rings. The molecule has 2 aromatic rings. The molecular formula is C28H34ClN3O3. The van der Waals surface area contributed by atoms with Gasteiger partial charge in [0.15, 0.2) is 0 Å². The fraction of sp³-hybridized carbons (Fsp3) is 0.464. The zero-order valence-electron chi connectivity index (χ0n) is 20.5. The molecule has 7 heteroatoms. The van der Waals surface area contributed by atoms with Crippen LogP contribution < -0.4 is 10.6 Å². The molecule has 1 saturated heterocycles. The van der Waals surface area contributed by atoms with Crippen molar-refractivity contribution in [3.05, 3.63) is 70.2 Å². The smallest absolute Gasteiger partial charge is 0.413 e. The summed E-state index contributed by atoms with van der Waals surface area (Å²) < 4.78 is 5.24. The molecule has 0 spiro atoms. The maximum absolute atomic E-state index is 12.3. The number of alkyl carbamates (subject to hydrolysis) is 1. The normalized spacial score (nSPS) is 18.6. The Hall–Kier alpha value is -2.88. The lowest BCUT2D eigenvalue weighted by molar-refractivity contribution is -0.130. The Morgan fingerprint density at radius 2 is 1.97 bits per heavy atom. The van der Waals surface area contributed by atoms with Crippen LogP contribution in [0.3, 0.4) is 0 Å². The summed E-state index contributed by atoms with van der Waals surface area (Å²) in [5.74, 6) is 0.283. The van der Waals surface area contributed by atoms with E-state index in [-0.39, 0.29) is 18.4 Å². The molecular weight excluding hydrogens is 462 g/mol. The van der Waals surface area contributed by atoms with E-state index < -0.39 is 11.6 Å². The largest absolute Gasteiger partial charge is 0.449 e. The second-order valence-corrected chi connectivity index (χ2v) is 9.79. The summed E-state index contributed by atoms with van der Waals surface area (Å²) in [4.78, 5) is 24.3. The minimum atomic E-state index is -0.682. The van der Waals surface area contributed by atoms with E-state index in [4.69, 9.17) is 16.3 Å². The van der Waals surface area contributed by atoms with E-state index in [1.165, 1.54) is 5.56 Å². The van der Waals surface area contributed by atoms with Crippen LogP contribution in [-0.4, -0.2) is 30.7 Å². The number of hydrogen-bond donors (Lipinski definition) is 2. The first kappa shape index (κ1) is 26.7. The molecule has 0 aromatic heterocycles. The fourth-order valence-electron chi connectivity index (χ4n) is 4.63. The number of hydrogen-bond acceptors (Lipinski definition) is 5. The standard InChI is InChI=1S/C28H34ClN3O3/c1-3-28(14-15-31-28)26(33)32-27(34)35-16-5-4-7-20(2)25(18-21-10-12-24(29)13-11-21)23-9-6-8-22(17-23)19-30/h6,8-13,17,20,25,31H,3-5,7,14-16,18H2,1-2H3,(H,32,33,34)/t20?,25?,28-/m0/s1. The van der Waals surface area contributed by atoms with Crippen molar-refractivity contribution in [3.63, 3.8) is 0 Å². The number of nitriles is 1. The van der Waals surface area contributed by atoms with Crippen molar-refractivity contribution in [3.8, 4) is 6.07 Å². The predicted octanol–water partition coefficient (Wildman–Crippen LogP) is 5.74. The first-order valence-corrected chi connectivity index (χ1v) is 12.7. The van der Waals surface area contributed by atoms with E-state index in [1.54, 1.807) is 0 Å². The average molecular weight is 496 g/mol. The third kappa shape index (κ3) is 7.30. The number of imide groups is 1. The van der Waals surface area contributed by atoms with Crippen molar-refractivity contribution in [2.75, 3.05) is 13.2 Å². The van der Waals surface area contributed by atoms with Gasteiger partial charge in [0, 0.05) is 5.02 Å². The Labute approximate surface area is 213 Å². The van der Waals surface area contributed by atoms with Crippen LogP contribution in [0.5, 0.6) is 0 Å². The summed E-state index contributed by atoms with van der Waals surface area (Å²) in [6, 6.07) is 18.0. The molecule has 6 nitrogen and oxygen atoms in total. The quantitative estimate of drug-likeness (QED) is 0.388. The summed E-state index contributed by atoms with van der Waals surface area (Å²) in [6.07, 6.45) is 4.09. The third-order valence-electron chi connectivity index (χ3n) is 7.06. The number of rotatable bonds is 11. The van der Waals surface area contributed by atoms with Crippen LogP contribution in [0.2, 0.25) is 5.02 Å². The number of amides is 2. The number of halogens is 1. The molecule has 0 bridgehead atoms. The highest BCUT2D eigenvalue weighted by molar-refractivity contribution is 6.30. The van der Waals surface area contributed by atoms with Gasteiger partial charge in [0.25, 0.3) is 0 Å². The van der Waals surface area contributed by atoms with Crippen molar-refractivity contribution < 1.29 is 14.3 Å². The monoisotopic (exact) mass is 495 g/mol. The summed E-state index contributed by atoms with van der Waals surface area (Å²) in [6.45, 7) is 5.20. The highest BCUT2D eigenvalue weighted by atomic mass is 35.5. The van der Waals surface area contributed by atoms with Crippen LogP contribution >= 0.6 is 11.6 Å². The highest BCUT2D eigenvalue weighted by Gasteiger charge is 2.42. The number of ether oxygens (including phenoxy) is 1. The van der Waals surface area contributed by atoms with Gasteiger partial charge in [-0.3, -0.25) is 10.1 Å². The summed E-state index contributed by atoms with van der Waals surface area (Å²) >= 11 is 6.06. The Morgan fingerprint density at radius 3 is 2.60 bits per heavy atom. The Balaban J connectivity index is 1.50. The maximum atomic E-state index is 12.3. The lowest BCUT2D eigenvalue weighted by Gasteiger charge is -2.40. The van der Waals surface area contributed by atoms with Crippen LogP contribution in [-0.2, 0) is 16.0 Å². The van der Waals surface area contributed by atoms with Crippen molar-refractivity contribution in [1.82, 2.24) is 10.6 Å². The van der Waals surface area contributed by atoms with Crippen molar-refractivity contribution in [1.29, 1.82) is 5.26 Å². The molecule has 1 aliphatic rings. The lowest BCUT2D eigenvalue weighted by atomic mass is 9.80. The van der Waals surface area contributed by atoms with E-state index in [2.05, 4.69) is 29.7 Å². The summed E-state index contributed by atoms with van der Waals surface area (Å²) in [5, 5.41) is 15.5. The zero-order chi connectivity index (χ0) is 25.3. The number of carbonyl (C=O) groups excluding carboxylic acids is 2. The van der Waals surface area contributed by atoms with Gasteiger partial charge < -0.3 is 10.1 Å². The third-order valence-corrected chi connectivity index (χ3v) is 7.31. The molecule has 186 valence electrons. The van der Waals surface area contributed by atoms with Gasteiger partial charge >= 0.3 is 6.09 Å². The van der Waals surface area contributed by atoms with Crippen LogP contribution in [0.4, 0.5) is 4.79 Å². The van der Waals surface area contributed by atoms with E-state index in [1.807, 2.05) is 49.4 Å². The van der Waals surface area contributed by atoms with Crippen molar-refractivity contribution in [2.24, 2.45) is 5.92 Å². The maximum Gasteiger partial charge on any atom is 0.413 e. The summed E-state index contributed by atoms with van der Waals surface area (Å²) in [5.41, 5.74) is 2.38. The van der Waals surface area contributed by atoms with Gasteiger partial charge in [-0.05, 0) is 92.3 Å². The molecule has 1 aliphatic heterocycles. The second kappa shape index (κ2) is 12.7. The highest BCUT2D eigenvalue weighted by Crippen LogP contribution is 2.32. The van der Waals surface area contributed by atoms with Gasteiger partial charge in [-0.25, -0.2) is 4.79 Å². The van der Waals surface area contributed by atoms with Gasteiger partial charge in [0.1, 0.15) is 0 Å². The molecule has 1 heterocycles. The van der Waals surface area contributed by atoms with Crippen LogP contribution in [0.25, 0.3) is 0 Å². The summed E-state index contributed by atoms with van der Waals surface area (Å²) in [7, 11) is 0. The van der Waals surface area contributed by atoms with Gasteiger partial charge in [-0.1, -0.05) is 49.7 Å². The Bertz CT molecular complexity index is 1040. The molecule has 2 N–H and O–H groups in total. The molecule has 2 amide bonds. The van der Waals surface area contributed by atoms with E-state index in [0.29, 0.717) is 22.9 Å². The molecule has 2 unspecified atom stereocenters. The SMILES string of the molecule is CC[C@@]1(C(=O)NC(=O)OCCCCC(C)C(Cc2ccc(Cl)cc2)c2cccc(C#N)c2)CCN1. The first-order chi connectivity index (χ1) is 16.9. The molecule has 0 aliphatic carbocycles.